The van der Waals surface area contributed by atoms with Crippen molar-refractivity contribution in [3.63, 3.8) is 0 Å². The van der Waals surface area contributed by atoms with Gasteiger partial charge in [-0.25, -0.2) is 0 Å². The minimum atomic E-state index is -0.462. The maximum atomic E-state index is 12.7. The zero-order valence-corrected chi connectivity index (χ0v) is 14.9. The van der Waals surface area contributed by atoms with Crippen LogP contribution in [0.1, 0.15) is 22.8 Å². The number of hydrogen-bond acceptors (Lipinski definition) is 4. The highest BCUT2D eigenvalue weighted by atomic mass is 35.5. The van der Waals surface area contributed by atoms with Gasteiger partial charge >= 0.3 is 0 Å². The third kappa shape index (κ3) is 4.27. The Labute approximate surface area is 149 Å². The van der Waals surface area contributed by atoms with E-state index in [9.17, 15) is 14.9 Å². The Morgan fingerprint density at radius 2 is 2.04 bits per heavy atom. The highest BCUT2D eigenvalue weighted by Gasteiger charge is 2.20. The molecular formula is C17H17ClN2O3S. The average molecular weight is 365 g/mol. The van der Waals surface area contributed by atoms with E-state index in [-0.39, 0.29) is 11.6 Å². The minimum Gasteiger partial charge on any atom is -0.335 e. The smallest absolute Gasteiger partial charge is 0.283 e. The summed E-state index contributed by atoms with van der Waals surface area (Å²) in [5, 5.41) is 11.8. The Morgan fingerprint density at radius 1 is 1.29 bits per heavy atom. The Hall–Kier alpha value is -2.05. The molecule has 1 amide bonds. The Kier molecular flexibility index (Phi) is 6.23. The van der Waals surface area contributed by atoms with Crippen LogP contribution in [-0.2, 0) is 6.54 Å². The molecule has 0 atom stereocenters. The van der Waals surface area contributed by atoms with Gasteiger partial charge in [0.25, 0.3) is 11.6 Å². The molecule has 0 saturated carbocycles. The number of carbonyl (C=O) groups is 1. The predicted octanol–water partition coefficient (Wildman–Crippen LogP) is 4.63. The van der Waals surface area contributed by atoms with Gasteiger partial charge in [0.15, 0.2) is 0 Å². The lowest BCUT2D eigenvalue weighted by atomic mass is 10.1. The Bertz CT molecular complexity index is 767. The molecule has 24 heavy (non-hydrogen) atoms. The van der Waals surface area contributed by atoms with Crippen molar-refractivity contribution in [2.45, 2.75) is 18.4 Å². The van der Waals surface area contributed by atoms with E-state index in [1.807, 2.05) is 19.1 Å². The van der Waals surface area contributed by atoms with Crippen LogP contribution in [0, 0.1) is 10.1 Å². The molecular weight excluding hydrogens is 348 g/mol. The highest BCUT2D eigenvalue weighted by molar-refractivity contribution is 7.98. The van der Waals surface area contributed by atoms with Crippen molar-refractivity contribution in [3.8, 4) is 0 Å². The molecule has 2 rings (SSSR count). The molecule has 0 N–H and O–H groups in total. The van der Waals surface area contributed by atoms with Crippen molar-refractivity contribution in [3.05, 3.63) is 68.7 Å². The zero-order valence-electron chi connectivity index (χ0n) is 13.4. The first-order chi connectivity index (χ1) is 11.5. The van der Waals surface area contributed by atoms with E-state index in [0.29, 0.717) is 28.6 Å². The van der Waals surface area contributed by atoms with Crippen LogP contribution < -0.4 is 0 Å². The van der Waals surface area contributed by atoms with Crippen molar-refractivity contribution >= 4 is 35.0 Å². The monoisotopic (exact) mass is 364 g/mol. The summed E-state index contributed by atoms with van der Waals surface area (Å²) in [7, 11) is 0. The summed E-state index contributed by atoms with van der Waals surface area (Å²) in [6.07, 6.45) is 1.77. The Balaban J connectivity index is 2.28. The van der Waals surface area contributed by atoms with Crippen LogP contribution in [0.5, 0.6) is 0 Å². The maximum Gasteiger partial charge on any atom is 0.283 e. The summed E-state index contributed by atoms with van der Waals surface area (Å²) < 4.78 is 0. The van der Waals surface area contributed by atoms with E-state index in [1.54, 1.807) is 35.4 Å². The van der Waals surface area contributed by atoms with Gasteiger partial charge in [0, 0.05) is 29.7 Å². The number of benzene rings is 2. The third-order valence-corrected chi connectivity index (χ3v) is 4.57. The van der Waals surface area contributed by atoms with Gasteiger partial charge in [-0.3, -0.25) is 14.9 Å². The topological polar surface area (TPSA) is 63.5 Å². The summed E-state index contributed by atoms with van der Waals surface area (Å²) in [5.41, 5.74) is 1.17. The molecule has 0 heterocycles. The van der Waals surface area contributed by atoms with Crippen molar-refractivity contribution < 1.29 is 9.72 Å². The lowest BCUT2D eigenvalue weighted by Crippen LogP contribution is -2.30. The van der Waals surface area contributed by atoms with Crippen molar-refractivity contribution in [2.24, 2.45) is 0 Å². The van der Waals surface area contributed by atoms with E-state index in [0.717, 1.165) is 5.56 Å². The summed E-state index contributed by atoms with van der Waals surface area (Å²) in [4.78, 5) is 25.6. The van der Waals surface area contributed by atoms with E-state index >= 15 is 0 Å². The summed E-state index contributed by atoms with van der Waals surface area (Å²) in [6.45, 7) is 2.75. The number of hydrogen-bond donors (Lipinski definition) is 0. The number of rotatable bonds is 6. The average Bonchev–Trinajstić information content (AvgIpc) is 2.58. The van der Waals surface area contributed by atoms with E-state index in [2.05, 4.69) is 0 Å². The molecule has 0 unspecified atom stereocenters. The summed E-state index contributed by atoms with van der Waals surface area (Å²) in [5.74, 6) is -0.242. The standard InChI is InChI=1S/C17H17ClN2O3S/c1-3-19(11-12-5-4-6-14(18)9-12)17(21)13-7-8-16(24-2)15(10-13)20(22)23/h4-10H,3,11H2,1-2H3. The second-order valence-electron chi connectivity index (χ2n) is 5.09. The van der Waals surface area contributed by atoms with Crippen molar-refractivity contribution in [2.75, 3.05) is 12.8 Å². The number of nitro benzene ring substituents is 1. The molecule has 0 spiro atoms. The SMILES string of the molecule is CCN(Cc1cccc(Cl)c1)C(=O)c1ccc(SC)c([N+](=O)[O-])c1. The molecule has 0 aliphatic carbocycles. The minimum absolute atomic E-state index is 0.0489. The molecule has 126 valence electrons. The third-order valence-electron chi connectivity index (χ3n) is 3.55. The van der Waals surface area contributed by atoms with E-state index < -0.39 is 4.92 Å². The van der Waals surface area contributed by atoms with Crippen LogP contribution in [-0.4, -0.2) is 28.5 Å². The highest BCUT2D eigenvalue weighted by Crippen LogP contribution is 2.29. The lowest BCUT2D eigenvalue weighted by Gasteiger charge is -2.21. The second kappa shape index (κ2) is 8.17. The van der Waals surface area contributed by atoms with Crippen LogP contribution >= 0.6 is 23.4 Å². The quantitative estimate of drug-likeness (QED) is 0.426. The van der Waals surface area contributed by atoms with Gasteiger partial charge in [-0.15, -0.1) is 11.8 Å². The van der Waals surface area contributed by atoms with Gasteiger partial charge in [-0.2, -0.15) is 0 Å². The largest absolute Gasteiger partial charge is 0.335 e. The van der Waals surface area contributed by atoms with Crippen molar-refractivity contribution in [1.29, 1.82) is 0 Å². The number of nitrogens with zero attached hydrogens (tertiary/aromatic N) is 2. The fraction of sp³-hybridized carbons (Fsp3) is 0.235. The molecule has 0 aliphatic heterocycles. The van der Waals surface area contributed by atoms with Gasteiger partial charge in [0.05, 0.1) is 9.82 Å². The van der Waals surface area contributed by atoms with Gasteiger partial charge in [0.2, 0.25) is 0 Å². The van der Waals surface area contributed by atoms with Gasteiger partial charge < -0.3 is 4.90 Å². The molecule has 0 aliphatic rings. The molecule has 5 nitrogen and oxygen atoms in total. The number of nitro groups is 1. The molecule has 0 bridgehead atoms. The number of amides is 1. The van der Waals surface area contributed by atoms with Crippen LogP contribution in [0.3, 0.4) is 0 Å². The molecule has 0 fully saturated rings. The number of thioether (sulfide) groups is 1. The molecule has 0 aromatic heterocycles. The van der Waals surface area contributed by atoms with Crippen molar-refractivity contribution in [1.82, 2.24) is 4.90 Å². The second-order valence-corrected chi connectivity index (χ2v) is 6.38. The first kappa shape index (κ1) is 18.3. The maximum absolute atomic E-state index is 12.7. The molecule has 2 aromatic carbocycles. The van der Waals surface area contributed by atoms with Gasteiger partial charge in [-0.1, -0.05) is 23.7 Å². The molecule has 0 radical (unpaired) electrons. The summed E-state index contributed by atoms with van der Waals surface area (Å²) >= 11 is 7.26. The molecule has 7 heteroatoms. The predicted molar refractivity (Wildman–Crippen MR) is 96.7 cm³/mol. The van der Waals surface area contributed by atoms with Crippen LogP contribution in [0.25, 0.3) is 0 Å². The fourth-order valence-corrected chi connectivity index (χ4v) is 3.09. The molecule has 2 aromatic rings. The van der Waals surface area contributed by atoms with Gasteiger partial charge in [-0.05, 0) is 43.0 Å². The first-order valence-corrected chi connectivity index (χ1v) is 8.92. The number of carbonyl (C=O) groups excluding carboxylic acids is 1. The normalized spacial score (nSPS) is 10.5. The fourth-order valence-electron chi connectivity index (χ4n) is 2.33. The molecule has 0 saturated heterocycles. The van der Waals surface area contributed by atoms with E-state index in [4.69, 9.17) is 11.6 Å². The lowest BCUT2D eigenvalue weighted by molar-refractivity contribution is -0.387. The van der Waals surface area contributed by atoms with Crippen LogP contribution in [0.15, 0.2) is 47.4 Å². The van der Waals surface area contributed by atoms with Crippen LogP contribution in [0.2, 0.25) is 5.02 Å². The Morgan fingerprint density at radius 3 is 2.62 bits per heavy atom. The zero-order chi connectivity index (χ0) is 17.7. The first-order valence-electron chi connectivity index (χ1n) is 7.32. The van der Waals surface area contributed by atoms with E-state index in [1.165, 1.54) is 17.8 Å². The number of halogens is 1. The van der Waals surface area contributed by atoms with Crippen LogP contribution in [0.4, 0.5) is 5.69 Å². The van der Waals surface area contributed by atoms with Gasteiger partial charge in [0.1, 0.15) is 0 Å². The summed E-state index contributed by atoms with van der Waals surface area (Å²) in [6, 6.07) is 11.9.